The summed E-state index contributed by atoms with van der Waals surface area (Å²) < 4.78 is 98.2. The van der Waals surface area contributed by atoms with Crippen LogP contribution in [-0.2, 0) is 4.79 Å². The van der Waals surface area contributed by atoms with Gasteiger partial charge in [-0.2, -0.15) is 18.3 Å². The quantitative estimate of drug-likeness (QED) is 0.321. The number of fused-ring (bicyclic) bond motifs is 1. The fourth-order valence-electron chi connectivity index (χ4n) is 5.15. The van der Waals surface area contributed by atoms with E-state index >= 15 is 0 Å². The van der Waals surface area contributed by atoms with Crippen molar-refractivity contribution in [3.63, 3.8) is 0 Å². The van der Waals surface area contributed by atoms with E-state index in [1.54, 1.807) is 5.32 Å². The van der Waals surface area contributed by atoms with Crippen LogP contribution >= 0.6 is 0 Å². The van der Waals surface area contributed by atoms with Crippen LogP contribution < -0.4 is 10.6 Å². The van der Waals surface area contributed by atoms with E-state index in [2.05, 4.69) is 25.7 Å². The lowest BCUT2D eigenvalue weighted by Gasteiger charge is -2.33. The van der Waals surface area contributed by atoms with Crippen LogP contribution in [0.3, 0.4) is 0 Å². The maximum Gasteiger partial charge on any atom is 0.405 e. The number of nitrogens with zero attached hydrogens (tertiary/aromatic N) is 5. The second kappa shape index (κ2) is 11.5. The van der Waals surface area contributed by atoms with E-state index in [1.807, 2.05) is 0 Å². The van der Waals surface area contributed by atoms with Gasteiger partial charge in [-0.3, -0.25) is 9.59 Å². The average molecular weight is 606 g/mol. The predicted molar refractivity (Wildman–Crippen MR) is 129 cm³/mol. The third-order valence-electron chi connectivity index (χ3n) is 7.49. The lowest BCUT2D eigenvalue weighted by molar-refractivity contribution is -0.139. The fraction of sp³-hybridized carbons (Fsp3) is 0.600. The molecule has 0 unspecified atom stereocenters. The minimum absolute atomic E-state index is 0.0208. The number of nitrogens with one attached hydrogen (secondary N) is 2. The lowest BCUT2D eigenvalue weighted by atomic mass is 9.81. The Hall–Kier alpha value is -3.79. The van der Waals surface area contributed by atoms with Crippen LogP contribution in [0.1, 0.15) is 90.3 Å². The van der Waals surface area contributed by atoms with Crippen LogP contribution in [0.2, 0.25) is 0 Å². The van der Waals surface area contributed by atoms with Crippen LogP contribution in [0.4, 0.5) is 30.7 Å². The van der Waals surface area contributed by atoms with Gasteiger partial charge in [0.25, 0.3) is 5.91 Å². The van der Waals surface area contributed by atoms with Gasteiger partial charge < -0.3 is 10.6 Å². The largest absolute Gasteiger partial charge is 0.405 e. The molecule has 0 radical (unpaired) electrons. The van der Waals surface area contributed by atoms with Gasteiger partial charge in [-0.15, -0.1) is 0 Å². The van der Waals surface area contributed by atoms with Gasteiger partial charge in [0.1, 0.15) is 12.2 Å². The molecule has 0 spiro atoms. The molecule has 0 aromatic carbocycles. The zero-order chi connectivity index (χ0) is 30.2. The molecule has 228 valence electrons. The number of hydrogen-bond acceptors (Lipinski definition) is 7. The number of carbonyl (C=O) groups excluding carboxylic acids is 2. The number of rotatable bonds is 10. The summed E-state index contributed by atoms with van der Waals surface area (Å²) in [5, 5.41) is 16.0. The van der Waals surface area contributed by atoms with Crippen LogP contribution in [0.25, 0.3) is 5.65 Å². The Morgan fingerprint density at radius 3 is 2.48 bits per heavy atom. The highest BCUT2D eigenvalue weighted by molar-refractivity contribution is 5.93. The summed E-state index contributed by atoms with van der Waals surface area (Å²) in [6.45, 7) is -1.69. The summed E-state index contributed by atoms with van der Waals surface area (Å²) >= 11 is 0. The van der Waals surface area contributed by atoms with Gasteiger partial charge in [-0.1, -0.05) is 5.16 Å². The van der Waals surface area contributed by atoms with Gasteiger partial charge in [0.2, 0.25) is 18.3 Å². The molecule has 10 nitrogen and oxygen atoms in total. The van der Waals surface area contributed by atoms with Crippen molar-refractivity contribution >= 4 is 17.5 Å². The third-order valence-corrected chi connectivity index (χ3v) is 7.49. The number of alkyl halides is 7. The van der Waals surface area contributed by atoms with Crippen LogP contribution in [0.15, 0.2) is 23.1 Å². The minimum atomic E-state index is -4.74. The minimum Gasteiger partial charge on any atom is -0.346 e. The SMILES string of the molecule is O=C(N[C@H](c1cn2ncc([C@@H](CC(F)F)C(=O)NCC(F)(F)F)cc2n1)C1CCC(F)(F)CC1)c1nonc1C1CC1. The molecule has 3 aromatic heterocycles. The van der Waals surface area contributed by atoms with E-state index in [-0.39, 0.29) is 41.4 Å². The number of hydrogen-bond donors (Lipinski definition) is 2. The van der Waals surface area contributed by atoms with Crippen molar-refractivity contribution < 1.29 is 45.0 Å². The summed E-state index contributed by atoms with van der Waals surface area (Å²) in [5.74, 6) is -6.81. The average Bonchev–Trinajstić information content (AvgIpc) is 3.48. The van der Waals surface area contributed by atoms with Gasteiger partial charge in [0.15, 0.2) is 11.3 Å². The topological polar surface area (TPSA) is 127 Å². The predicted octanol–water partition coefficient (Wildman–Crippen LogP) is 4.70. The molecule has 0 saturated heterocycles. The van der Waals surface area contributed by atoms with E-state index in [4.69, 9.17) is 4.63 Å². The van der Waals surface area contributed by atoms with Gasteiger partial charge in [-0.25, -0.2) is 31.7 Å². The number of imidazole rings is 1. The number of carbonyl (C=O) groups is 2. The first-order valence-electron chi connectivity index (χ1n) is 13.3. The van der Waals surface area contributed by atoms with Crippen molar-refractivity contribution in [3.05, 3.63) is 41.1 Å². The molecule has 2 atom stereocenters. The molecule has 2 N–H and O–H groups in total. The van der Waals surface area contributed by atoms with E-state index in [9.17, 15) is 40.3 Å². The maximum absolute atomic E-state index is 13.9. The normalized spacial score (nSPS) is 19.1. The smallest absolute Gasteiger partial charge is 0.346 e. The van der Waals surface area contributed by atoms with Crippen molar-refractivity contribution in [2.75, 3.05) is 6.54 Å². The molecule has 2 aliphatic rings. The second-order valence-corrected chi connectivity index (χ2v) is 10.7. The highest BCUT2D eigenvalue weighted by Gasteiger charge is 2.41. The molecule has 2 saturated carbocycles. The van der Waals surface area contributed by atoms with E-state index in [0.29, 0.717) is 5.69 Å². The summed E-state index contributed by atoms with van der Waals surface area (Å²) in [6, 6.07) is 0.353. The van der Waals surface area contributed by atoms with Crippen LogP contribution in [0, 0.1) is 5.92 Å². The molecule has 17 heteroatoms. The zero-order valence-electron chi connectivity index (χ0n) is 21.9. The van der Waals surface area contributed by atoms with Gasteiger partial charge in [0, 0.05) is 25.2 Å². The first-order valence-corrected chi connectivity index (χ1v) is 13.3. The summed E-state index contributed by atoms with van der Waals surface area (Å²) in [7, 11) is 0. The summed E-state index contributed by atoms with van der Waals surface area (Å²) in [6.07, 6.45) is -5.36. The Bertz CT molecular complexity index is 1430. The molecule has 0 aliphatic heterocycles. The molecule has 2 amide bonds. The van der Waals surface area contributed by atoms with Gasteiger partial charge in [0.05, 0.1) is 30.0 Å². The highest BCUT2D eigenvalue weighted by Crippen LogP contribution is 2.42. The first kappa shape index (κ1) is 29.7. The van der Waals surface area contributed by atoms with Gasteiger partial charge in [-0.05, 0) is 48.4 Å². The Balaban J connectivity index is 1.43. The molecule has 2 fully saturated rings. The molecule has 2 aliphatic carbocycles. The number of amides is 2. The Morgan fingerprint density at radius 2 is 1.83 bits per heavy atom. The van der Waals surface area contributed by atoms with Crippen molar-refractivity contribution in [2.24, 2.45) is 5.92 Å². The monoisotopic (exact) mass is 605 g/mol. The van der Waals surface area contributed by atoms with Crippen molar-refractivity contribution in [3.8, 4) is 0 Å². The Morgan fingerprint density at radius 1 is 1.12 bits per heavy atom. The van der Waals surface area contributed by atoms with Crippen molar-refractivity contribution in [2.45, 2.75) is 81.3 Å². The third kappa shape index (κ3) is 6.98. The molecule has 5 rings (SSSR count). The van der Waals surface area contributed by atoms with Crippen LogP contribution in [-0.4, -0.2) is 61.8 Å². The lowest BCUT2D eigenvalue weighted by Crippen LogP contribution is -2.37. The maximum atomic E-state index is 13.9. The Kier molecular flexibility index (Phi) is 8.11. The molecule has 0 bridgehead atoms. The highest BCUT2D eigenvalue weighted by atomic mass is 19.4. The standard InChI is InChI=1S/C25H26F7N7O3/c26-17(27)8-15(22(40)33-11-25(30,31)32)14-7-18-35-16(10-39(18)34-9-14)19(13-3-5-24(28,29)6-4-13)36-23(41)21-20(12-1-2-12)37-42-38-21/h7,9-10,12-13,15,17,19H,1-6,8,11H2,(H,33,40)(H,36,41)/t15-,19+/m1/s1. The number of halogens is 7. The molecule has 3 heterocycles. The first-order chi connectivity index (χ1) is 19.8. The molecular weight excluding hydrogens is 579 g/mol. The fourth-order valence-corrected chi connectivity index (χ4v) is 5.15. The Labute approximate surface area is 233 Å². The number of aromatic nitrogens is 5. The van der Waals surface area contributed by atoms with Crippen molar-refractivity contribution in [1.29, 1.82) is 0 Å². The van der Waals surface area contributed by atoms with E-state index < -0.39 is 74.0 Å². The molecule has 42 heavy (non-hydrogen) atoms. The second-order valence-electron chi connectivity index (χ2n) is 10.7. The van der Waals surface area contributed by atoms with E-state index in [1.165, 1.54) is 16.8 Å². The summed E-state index contributed by atoms with van der Waals surface area (Å²) in [4.78, 5) is 30.1. The van der Waals surface area contributed by atoms with Crippen LogP contribution in [0.5, 0.6) is 0 Å². The molecular formula is C25H26F7N7O3. The molecule has 3 aromatic rings. The summed E-state index contributed by atoms with van der Waals surface area (Å²) in [5.41, 5.74) is 0.552. The zero-order valence-corrected chi connectivity index (χ0v) is 21.9. The van der Waals surface area contributed by atoms with Crippen molar-refractivity contribution in [1.82, 2.24) is 35.5 Å². The van der Waals surface area contributed by atoms with E-state index in [0.717, 1.165) is 19.0 Å². The van der Waals surface area contributed by atoms with Gasteiger partial charge >= 0.3 is 6.18 Å².